The van der Waals surface area contributed by atoms with Gasteiger partial charge in [-0.1, -0.05) is 91.0 Å². The monoisotopic (exact) mass is 423 g/mol. The molecule has 2 aliphatic rings. The van der Waals surface area contributed by atoms with Gasteiger partial charge >= 0.3 is 0 Å². The molecule has 0 saturated carbocycles. The summed E-state index contributed by atoms with van der Waals surface area (Å²) < 4.78 is 5.78. The number of carbonyl (C=O) groups excluding carboxylic acids is 2. The lowest BCUT2D eigenvalue weighted by molar-refractivity contribution is -0.140. The van der Waals surface area contributed by atoms with Crippen molar-refractivity contribution in [3.05, 3.63) is 114 Å². The van der Waals surface area contributed by atoms with Crippen LogP contribution in [0, 0.1) is 11.8 Å². The highest BCUT2D eigenvalue weighted by Crippen LogP contribution is 2.49. The normalized spacial score (nSPS) is 24.4. The highest BCUT2D eigenvalue weighted by Gasteiger charge is 2.54. The maximum absolute atomic E-state index is 13.6. The number of nitrogens with zero attached hydrogens (tertiary/aromatic N) is 1. The molecule has 1 aliphatic carbocycles. The lowest BCUT2D eigenvalue weighted by Gasteiger charge is -2.32. The first kappa shape index (κ1) is 20.3. The van der Waals surface area contributed by atoms with Crippen LogP contribution in [-0.2, 0) is 9.59 Å². The van der Waals surface area contributed by atoms with Crippen LogP contribution in [0.25, 0.3) is 0 Å². The van der Waals surface area contributed by atoms with E-state index in [1.54, 1.807) is 0 Å². The molecule has 4 heteroatoms. The van der Waals surface area contributed by atoms with Gasteiger partial charge in [0.2, 0.25) is 11.8 Å². The number of likely N-dealkylation sites (tertiary alicyclic amines) is 1. The Hall–Kier alpha value is -3.66. The molecular weight excluding hydrogens is 398 g/mol. The summed E-state index contributed by atoms with van der Waals surface area (Å²) in [5.74, 6) is -0.509. The van der Waals surface area contributed by atoms with Crippen molar-refractivity contribution in [2.45, 2.75) is 11.8 Å². The number of rotatable bonds is 6. The quantitative estimate of drug-likeness (QED) is 0.422. The van der Waals surface area contributed by atoms with Crippen molar-refractivity contribution in [1.82, 2.24) is 4.90 Å². The summed E-state index contributed by atoms with van der Waals surface area (Å²) in [4.78, 5) is 28.6. The van der Waals surface area contributed by atoms with E-state index in [2.05, 4.69) is 12.2 Å². The van der Waals surface area contributed by atoms with Crippen LogP contribution in [0.1, 0.15) is 23.0 Å². The molecule has 0 aromatic heterocycles. The second kappa shape index (κ2) is 8.83. The molecule has 5 rings (SSSR count). The number of ether oxygens (including phenoxy) is 1. The molecule has 1 heterocycles. The number of amides is 2. The Bertz CT molecular complexity index is 1040. The molecule has 4 atom stereocenters. The molecule has 0 bridgehead atoms. The first-order valence-electron chi connectivity index (χ1n) is 11.1. The third-order valence-corrected chi connectivity index (χ3v) is 6.48. The van der Waals surface area contributed by atoms with E-state index in [0.717, 1.165) is 16.9 Å². The second-order valence-electron chi connectivity index (χ2n) is 8.30. The van der Waals surface area contributed by atoms with Gasteiger partial charge in [-0.2, -0.15) is 0 Å². The van der Waals surface area contributed by atoms with E-state index in [1.165, 1.54) is 4.90 Å². The molecule has 1 fully saturated rings. The predicted molar refractivity (Wildman–Crippen MR) is 123 cm³/mol. The summed E-state index contributed by atoms with van der Waals surface area (Å²) in [6.07, 6.45) is 4.23. The molecule has 0 spiro atoms. The van der Waals surface area contributed by atoms with Crippen molar-refractivity contribution < 1.29 is 14.3 Å². The van der Waals surface area contributed by atoms with Crippen LogP contribution in [0.15, 0.2) is 103 Å². The molecule has 0 N–H and O–H groups in total. The summed E-state index contributed by atoms with van der Waals surface area (Å²) in [5, 5.41) is 0. The Kier molecular flexibility index (Phi) is 5.59. The third kappa shape index (κ3) is 3.73. The largest absolute Gasteiger partial charge is 0.492 e. The van der Waals surface area contributed by atoms with Gasteiger partial charge in [-0.25, -0.2) is 0 Å². The Balaban J connectivity index is 1.44. The minimum absolute atomic E-state index is 0.101. The number of hydrogen-bond acceptors (Lipinski definition) is 3. The molecule has 3 aromatic carbocycles. The van der Waals surface area contributed by atoms with Crippen LogP contribution in [-0.4, -0.2) is 29.9 Å². The summed E-state index contributed by atoms with van der Waals surface area (Å²) >= 11 is 0. The van der Waals surface area contributed by atoms with Gasteiger partial charge in [-0.05, 0) is 23.3 Å². The van der Waals surface area contributed by atoms with Crippen LogP contribution < -0.4 is 4.74 Å². The first-order chi connectivity index (χ1) is 15.7. The van der Waals surface area contributed by atoms with Crippen molar-refractivity contribution in [1.29, 1.82) is 0 Å². The van der Waals surface area contributed by atoms with Crippen molar-refractivity contribution in [3.8, 4) is 5.75 Å². The van der Waals surface area contributed by atoms with Gasteiger partial charge in [0.1, 0.15) is 12.4 Å². The molecule has 1 saturated heterocycles. The Labute approximate surface area is 188 Å². The van der Waals surface area contributed by atoms with Crippen molar-refractivity contribution in [2.24, 2.45) is 11.8 Å². The van der Waals surface area contributed by atoms with Gasteiger partial charge in [-0.15, -0.1) is 0 Å². The molecule has 2 amide bonds. The maximum Gasteiger partial charge on any atom is 0.234 e. The summed E-state index contributed by atoms with van der Waals surface area (Å²) in [6, 6.07) is 29.5. The molecule has 1 aliphatic heterocycles. The fourth-order valence-corrected chi connectivity index (χ4v) is 4.99. The zero-order valence-electron chi connectivity index (χ0n) is 17.7. The predicted octanol–water partition coefficient (Wildman–Crippen LogP) is 4.80. The molecule has 4 nitrogen and oxygen atoms in total. The van der Waals surface area contributed by atoms with E-state index in [-0.39, 0.29) is 36.8 Å². The summed E-state index contributed by atoms with van der Waals surface area (Å²) in [5.41, 5.74) is 2.13. The highest BCUT2D eigenvalue weighted by atomic mass is 16.5. The highest BCUT2D eigenvalue weighted by molar-refractivity contribution is 6.06. The molecule has 32 heavy (non-hydrogen) atoms. The summed E-state index contributed by atoms with van der Waals surface area (Å²) in [7, 11) is 0. The summed E-state index contributed by atoms with van der Waals surface area (Å²) in [6.45, 7) is 0.531. The molecule has 0 radical (unpaired) electrons. The van der Waals surface area contributed by atoms with Crippen LogP contribution in [0.4, 0.5) is 0 Å². The number of imide groups is 1. The maximum atomic E-state index is 13.6. The van der Waals surface area contributed by atoms with Crippen LogP contribution in [0.5, 0.6) is 5.75 Å². The van der Waals surface area contributed by atoms with Crippen molar-refractivity contribution >= 4 is 11.8 Å². The Morgan fingerprint density at radius 1 is 0.625 bits per heavy atom. The lowest BCUT2D eigenvalue weighted by Crippen LogP contribution is -2.35. The zero-order chi connectivity index (χ0) is 21.9. The zero-order valence-corrected chi connectivity index (χ0v) is 17.7. The van der Waals surface area contributed by atoms with Gasteiger partial charge in [0.25, 0.3) is 0 Å². The van der Waals surface area contributed by atoms with Crippen molar-refractivity contribution in [3.63, 3.8) is 0 Å². The first-order valence-corrected chi connectivity index (χ1v) is 11.1. The number of benzene rings is 3. The van der Waals surface area contributed by atoms with E-state index in [0.29, 0.717) is 0 Å². The van der Waals surface area contributed by atoms with Crippen LogP contribution in [0.2, 0.25) is 0 Å². The molecule has 160 valence electrons. The van der Waals surface area contributed by atoms with Gasteiger partial charge in [0, 0.05) is 11.8 Å². The Morgan fingerprint density at radius 3 is 1.53 bits per heavy atom. The van der Waals surface area contributed by atoms with Crippen LogP contribution in [0.3, 0.4) is 0 Å². The van der Waals surface area contributed by atoms with Gasteiger partial charge < -0.3 is 4.74 Å². The average molecular weight is 424 g/mol. The second-order valence-corrected chi connectivity index (χ2v) is 8.30. The van der Waals surface area contributed by atoms with Gasteiger partial charge in [-0.3, -0.25) is 14.5 Å². The van der Waals surface area contributed by atoms with E-state index in [1.807, 2.05) is 91.0 Å². The van der Waals surface area contributed by atoms with Gasteiger partial charge in [0.15, 0.2) is 0 Å². The fraction of sp³-hybridized carbons (Fsp3) is 0.214. The molecular formula is C28H25NO3. The Morgan fingerprint density at radius 2 is 1.06 bits per heavy atom. The smallest absolute Gasteiger partial charge is 0.234 e. The van der Waals surface area contributed by atoms with E-state index >= 15 is 0 Å². The minimum Gasteiger partial charge on any atom is -0.492 e. The van der Waals surface area contributed by atoms with Gasteiger partial charge in [0.05, 0.1) is 18.4 Å². The fourth-order valence-electron chi connectivity index (χ4n) is 4.99. The molecule has 0 unspecified atom stereocenters. The number of para-hydroxylation sites is 1. The number of fused-ring (bicyclic) bond motifs is 1. The van der Waals surface area contributed by atoms with Crippen LogP contribution >= 0.6 is 0 Å². The number of allylic oxidation sites excluding steroid dienone is 2. The minimum atomic E-state index is -0.406. The number of hydrogen-bond donors (Lipinski definition) is 0. The van der Waals surface area contributed by atoms with E-state index in [4.69, 9.17) is 4.74 Å². The third-order valence-electron chi connectivity index (χ3n) is 6.48. The molecule has 3 aromatic rings. The SMILES string of the molecule is O=C1[C@@H]2[C@H](C(=O)N1CCOc1ccccc1)[C@H](c1ccccc1)C=C[C@@H]2c1ccccc1. The lowest BCUT2D eigenvalue weighted by atomic mass is 9.68. The number of carbonyl (C=O) groups is 2. The van der Waals surface area contributed by atoms with Crippen molar-refractivity contribution in [2.75, 3.05) is 13.2 Å². The van der Waals surface area contributed by atoms with E-state index in [9.17, 15) is 9.59 Å². The van der Waals surface area contributed by atoms with E-state index < -0.39 is 11.8 Å². The standard InChI is InChI=1S/C28H25NO3/c30-27-25-23(20-10-4-1-5-11-20)16-17-24(21-12-6-2-7-13-21)26(25)28(31)29(27)18-19-32-22-14-8-3-9-15-22/h1-17,23-26H,18-19H2/t23-,24+,25+,26-. The average Bonchev–Trinajstić information content (AvgIpc) is 3.11. The topological polar surface area (TPSA) is 46.6 Å².